The first kappa shape index (κ1) is 16.0. The number of amides is 1. The fourth-order valence-electron chi connectivity index (χ4n) is 3.60. The summed E-state index contributed by atoms with van der Waals surface area (Å²) in [5, 5.41) is 6.60. The lowest BCUT2D eigenvalue weighted by Gasteiger charge is -2.36. The highest BCUT2D eigenvalue weighted by atomic mass is 16.2. The second-order valence-electron chi connectivity index (χ2n) is 6.51. The van der Waals surface area contributed by atoms with E-state index in [-0.39, 0.29) is 11.3 Å². The Morgan fingerprint density at radius 3 is 2.29 bits per heavy atom. The van der Waals surface area contributed by atoms with Gasteiger partial charge in [-0.2, -0.15) is 0 Å². The summed E-state index contributed by atoms with van der Waals surface area (Å²) < 4.78 is 0. The maximum atomic E-state index is 12.9. The van der Waals surface area contributed by atoms with Crippen LogP contribution in [0.15, 0.2) is 12.1 Å². The Balaban J connectivity index is 2.23. The molecule has 3 heteroatoms. The number of hydrogen-bond acceptors (Lipinski definition) is 2. The largest absolute Gasteiger partial charge is 0.325 e. The van der Waals surface area contributed by atoms with Crippen LogP contribution in [-0.4, -0.2) is 19.0 Å². The van der Waals surface area contributed by atoms with E-state index < -0.39 is 0 Å². The minimum absolute atomic E-state index is 0.191. The minimum atomic E-state index is -0.191. The number of carbonyl (C=O) groups is 1. The molecule has 1 aliphatic rings. The van der Waals surface area contributed by atoms with Gasteiger partial charge in [0, 0.05) is 5.69 Å². The van der Waals surface area contributed by atoms with Crippen LogP contribution in [0.5, 0.6) is 0 Å². The summed E-state index contributed by atoms with van der Waals surface area (Å²) in [6, 6.07) is 4.27. The Kier molecular flexibility index (Phi) is 5.04. The van der Waals surface area contributed by atoms with Crippen molar-refractivity contribution in [2.24, 2.45) is 5.41 Å². The van der Waals surface area contributed by atoms with Gasteiger partial charge in [-0.25, -0.2) is 0 Å². The average Bonchev–Trinajstić information content (AvgIpc) is 2.44. The Morgan fingerprint density at radius 2 is 1.76 bits per heavy atom. The van der Waals surface area contributed by atoms with Crippen molar-refractivity contribution in [2.75, 3.05) is 18.4 Å². The molecule has 0 spiro atoms. The van der Waals surface area contributed by atoms with Gasteiger partial charge in [-0.1, -0.05) is 31.0 Å². The van der Waals surface area contributed by atoms with E-state index in [2.05, 4.69) is 50.5 Å². The molecule has 1 amide bonds. The molecule has 0 aliphatic carbocycles. The zero-order chi connectivity index (χ0) is 15.5. The maximum absolute atomic E-state index is 12.9. The van der Waals surface area contributed by atoms with Crippen LogP contribution in [0.2, 0.25) is 0 Å². The van der Waals surface area contributed by atoms with E-state index in [0.29, 0.717) is 0 Å². The average molecular weight is 288 g/mol. The number of rotatable bonds is 4. The molecule has 0 bridgehead atoms. The van der Waals surface area contributed by atoms with Crippen molar-refractivity contribution in [2.45, 2.75) is 53.4 Å². The van der Waals surface area contributed by atoms with Gasteiger partial charge in [-0.3, -0.25) is 4.79 Å². The Bertz CT molecular complexity index is 487. The molecular formula is C18H28N2O. The predicted octanol–water partition coefficient (Wildman–Crippen LogP) is 3.72. The van der Waals surface area contributed by atoms with E-state index in [9.17, 15) is 4.79 Å². The Morgan fingerprint density at radius 1 is 1.19 bits per heavy atom. The SMILES string of the molecule is CCCC1(C(=O)Nc2c(C)cc(C)cc2C)CCNCC1. The third-order valence-corrected chi connectivity index (χ3v) is 4.69. The predicted molar refractivity (Wildman–Crippen MR) is 88.7 cm³/mol. The highest BCUT2D eigenvalue weighted by Crippen LogP contribution is 2.36. The van der Waals surface area contributed by atoms with Crippen LogP contribution in [0.3, 0.4) is 0 Å². The summed E-state index contributed by atoms with van der Waals surface area (Å²) in [6.45, 7) is 10.3. The molecule has 0 saturated carbocycles. The first-order valence-electron chi connectivity index (χ1n) is 8.08. The summed E-state index contributed by atoms with van der Waals surface area (Å²) >= 11 is 0. The monoisotopic (exact) mass is 288 g/mol. The van der Waals surface area contributed by atoms with E-state index >= 15 is 0 Å². The van der Waals surface area contributed by atoms with Crippen molar-refractivity contribution in [1.29, 1.82) is 0 Å². The second kappa shape index (κ2) is 6.61. The molecule has 2 rings (SSSR count). The second-order valence-corrected chi connectivity index (χ2v) is 6.51. The lowest BCUT2D eigenvalue weighted by atomic mass is 9.74. The molecule has 1 heterocycles. The van der Waals surface area contributed by atoms with Crippen LogP contribution in [0.1, 0.15) is 49.3 Å². The molecule has 1 fully saturated rings. The highest BCUT2D eigenvalue weighted by Gasteiger charge is 2.38. The summed E-state index contributed by atoms with van der Waals surface area (Å²) in [5.74, 6) is 0.209. The van der Waals surface area contributed by atoms with E-state index in [1.165, 1.54) is 5.56 Å². The van der Waals surface area contributed by atoms with E-state index in [4.69, 9.17) is 0 Å². The van der Waals surface area contributed by atoms with E-state index in [1.54, 1.807) is 0 Å². The van der Waals surface area contributed by atoms with Crippen molar-refractivity contribution >= 4 is 11.6 Å². The highest BCUT2D eigenvalue weighted by molar-refractivity contribution is 5.96. The lowest BCUT2D eigenvalue weighted by Crippen LogP contribution is -2.45. The third kappa shape index (κ3) is 3.46. The van der Waals surface area contributed by atoms with Crippen LogP contribution < -0.4 is 10.6 Å². The number of aryl methyl sites for hydroxylation is 3. The number of benzene rings is 1. The van der Waals surface area contributed by atoms with Crippen LogP contribution in [-0.2, 0) is 4.79 Å². The first-order chi connectivity index (χ1) is 9.98. The number of anilines is 1. The third-order valence-electron chi connectivity index (χ3n) is 4.69. The molecule has 3 nitrogen and oxygen atoms in total. The molecule has 2 N–H and O–H groups in total. The Hall–Kier alpha value is -1.35. The van der Waals surface area contributed by atoms with Gasteiger partial charge in [0.25, 0.3) is 0 Å². The van der Waals surface area contributed by atoms with Crippen molar-refractivity contribution in [3.63, 3.8) is 0 Å². The van der Waals surface area contributed by atoms with Gasteiger partial charge in [0.2, 0.25) is 5.91 Å². The fraction of sp³-hybridized carbons (Fsp3) is 0.611. The molecule has 116 valence electrons. The van der Waals surface area contributed by atoms with E-state index in [1.807, 2.05) is 0 Å². The Labute approximate surface area is 128 Å². The molecule has 0 atom stereocenters. The van der Waals surface area contributed by atoms with Crippen molar-refractivity contribution < 1.29 is 4.79 Å². The fourth-order valence-corrected chi connectivity index (χ4v) is 3.60. The van der Waals surface area contributed by atoms with Gasteiger partial charge in [-0.15, -0.1) is 0 Å². The van der Waals surface area contributed by atoms with Crippen molar-refractivity contribution in [3.05, 3.63) is 28.8 Å². The molecule has 1 aromatic carbocycles. The van der Waals surface area contributed by atoms with Gasteiger partial charge in [-0.05, 0) is 64.3 Å². The molecule has 1 aromatic rings. The standard InChI is InChI=1S/C18H28N2O/c1-5-6-18(7-9-19-10-8-18)17(21)20-16-14(3)11-13(2)12-15(16)4/h11-12,19H,5-10H2,1-4H3,(H,20,21). The molecule has 1 aliphatic heterocycles. The zero-order valence-electron chi connectivity index (χ0n) is 13.8. The summed E-state index contributed by atoms with van der Waals surface area (Å²) in [4.78, 5) is 12.9. The lowest BCUT2D eigenvalue weighted by molar-refractivity contribution is -0.127. The number of hydrogen-bond donors (Lipinski definition) is 2. The summed E-state index contributed by atoms with van der Waals surface area (Å²) in [7, 11) is 0. The van der Waals surface area contributed by atoms with Gasteiger partial charge < -0.3 is 10.6 Å². The molecule has 0 unspecified atom stereocenters. The van der Waals surface area contributed by atoms with Crippen molar-refractivity contribution in [3.8, 4) is 0 Å². The number of piperidine rings is 1. The van der Waals surface area contributed by atoms with Gasteiger partial charge in [0.15, 0.2) is 0 Å². The quantitative estimate of drug-likeness (QED) is 0.886. The van der Waals surface area contributed by atoms with Crippen molar-refractivity contribution in [1.82, 2.24) is 5.32 Å². The molecule has 0 radical (unpaired) electrons. The number of nitrogens with one attached hydrogen (secondary N) is 2. The van der Waals surface area contributed by atoms with Crippen LogP contribution >= 0.6 is 0 Å². The van der Waals surface area contributed by atoms with Crippen LogP contribution in [0, 0.1) is 26.2 Å². The van der Waals surface area contributed by atoms with E-state index in [0.717, 1.165) is 55.6 Å². The van der Waals surface area contributed by atoms with Gasteiger partial charge in [0.1, 0.15) is 0 Å². The zero-order valence-corrected chi connectivity index (χ0v) is 13.8. The van der Waals surface area contributed by atoms with Crippen LogP contribution in [0.4, 0.5) is 5.69 Å². The molecular weight excluding hydrogens is 260 g/mol. The van der Waals surface area contributed by atoms with Gasteiger partial charge >= 0.3 is 0 Å². The summed E-state index contributed by atoms with van der Waals surface area (Å²) in [6.07, 6.45) is 3.91. The molecule has 1 saturated heterocycles. The van der Waals surface area contributed by atoms with Crippen LogP contribution in [0.25, 0.3) is 0 Å². The smallest absolute Gasteiger partial charge is 0.230 e. The minimum Gasteiger partial charge on any atom is -0.325 e. The topological polar surface area (TPSA) is 41.1 Å². The normalized spacial score (nSPS) is 17.5. The van der Waals surface area contributed by atoms with Gasteiger partial charge in [0.05, 0.1) is 5.41 Å². The summed E-state index contributed by atoms with van der Waals surface area (Å²) in [5.41, 5.74) is 4.36. The molecule has 21 heavy (non-hydrogen) atoms. The first-order valence-corrected chi connectivity index (χ1v) is 8.08. The molecule has 0 aromatic heterocycles. The number of carbonyl (C=O) groups excluding carboxylic acids is 1. The maximum Gasteiger partial charge on any atom is 0.230 e.